The minimum absolute atomic E-state index is 0.000556. The van der Waals surface area contributed by atoms with Crippen LogP contribution < -0.4 is 5.32 Å². The van der Waals surface area contributed by atoms with E-state index in [0.29, 0.717) is 6.54 Å². The maximum absolute atomic E-state index is 11.3. The molecule has 66 valence electrons. The molecule has 1 aromatic carbocycles. The van der Waals surface area contributed by atoms with Gasteiger partial charge in [-0.25, -0.2) is 0 Å². The highest BCUT2D eigenvalue weighted by atomic mass is 79.9. The summed E-state index contributed by atoms with van der Waals surface area (Å²) in [5.41, 5.74) is 2.75. The van der Waals surface area contributed by atoms with Crippen molar-refractivity contribution >= 4 is 27.9 Å². The van der Waals surface area contributed by atoms with Gasteiger partial charge in [-0.2, -0.15) is 0 Å². The zero-order valence-electron chi connectivity index (χ0n) is 6.93. The number of carbonyl (C=O) groups is 1. The molecule has 1 heterocycles. The second-order valence-electron chi connectivity index (χ2n) is 2.92. The van der Waals surface area contributed by atoms with Gasteiger partial charge in [0.2, 0.25) is 0 Å². The van der Waals surface area contributed by atoms with Gasteiger partial charge in [-0.1, -0.05) is 28.6 Å². The summed E-state index contributed by atoms with van der Waals surface area (Å²) in [5, 5.41) is 2.77. The van der Waals surface area contributed by atoms with Crippen molar-refractivity contribution in [3.63, 3.8) is 0 Å². The zero-order chi connectivity index (χ0) is 9.42. The van der Waals surface area contributed by atoms with Crippen LogP contribution in [-0.2, 0) is 6.54 Å². The Morgan fingerprint density at radius 3 is 3.00 bits per heavy atom. The number of rotatable bonds is 1. The number of halogens is 1. The van der Waals surface area contributed by atoms with E-state index in [1.54, 1.807) is 6.08 Å². The lowest BCUT2D eigenvalue weighted by molar-refractivity contribution is 0.0966. The molecule has 1 aromatic rings. The fourth-order valence-electron chi connectivity index (χ4n) is 1.42. The molecule has 2 nitrogen and oxygen atoms in total. The largest absolute Gasteiger partial charge is 0.348 e. The van der Waals surface area contributed by atoms with Gasteiger partial charge < -0.3 is 5.32 Å². The second-order valence-corrected chi connectivity index (χ2v) is 3.77. The van der Waals surface area contributed by atoms with E-state index >= 15 is 0 Å². The molecule has 0 unspecified atom stereocenters. The number of hydrogen-bond acceptors (Lipinski definition) is 1. The third kappa shape index (κ3) is 1.29. The SMILES string of the molecule is C=Cc1cc(Br)c2c(c1)C(=O)NC2. The van der Waals surface area contributed by atoms with Gasteiger partial charge >= 0.3 is 0 Å². The van der Waals surface area contributed by atoms with E-state index in [-0.39, 0.29) is 5.91 Å². The average Bonchev–Trinajstić information content (AvgIpc) is 2.48. The molecule has 0 saturated heterocycles. The lowest BCUT2D eigenvalue weighted by atomic mass is 10.1. The van der Waals surface area contributed by atoms with Crippen LogP contribution in [0.1, 0.15) is 21.5 Å². The number of fused-ring (bicyclic) bond motifs is 1. The standard InChI is InChI=1S/C10H8BrNO/c1-2-6-3-7-8(9(11)4-6)5-12-10(7)13/h2-4H,1,5H2,(H,12,13). The number of nitrogens with one attached hydrogen (secondary N) is 1. The Morgan fingerprint density at radius 2 is 2.31 bits per heavy atom. The molecule has 13 heavy (non-hydrogen) atoms. The number of carbonyl (C=O) groups excluding carboxylic acids is 1. The van der Waals surface area contributed by atoms with Crippen molar-refractivity contribution in [1.82, 2.24) is 5.32 Å². The van der Waals surface area contributed by atoms with Crippen LogP contribution in [0.4, 0.5) is 0 Å². The lowest BCUT2D eigenvalue weighted by Crippen LogP contribution is -2.12. The van der Waals surface area contributed by atoms with E-state index < -0.39 is 0 Å². The summed E-state index contributed by atoms with van der Waals surface area (Å²) in [4.78, 5) is 11.3. The predicted molar refractivity (Wildman–Crippen MR) is 55.4 cm³/mol. The van der Waals surface area contributed by atoms with Gasteiger partial charge in [-0.05, 0) is 23.3 Å². The molecule has 3 heteroatoms. The second kappa shape index (κ2) is 3.00. The molecular formula is C10H8BrNO. The molecule has 0 aliphatic carbocycles. The van der Waals surface area contributed by atoms with Crippen LogP contribution in [0.15, 0.2) is 23.2 Å². The van der Waals surface area contributed by atoms with Crippen LogP contribution in [-0.4, -0.2) is 5.91 Å². The van der Waals surface area contributed by atoms with Crippen molar-refractivity contribution in [3.8, 4) is 0 Å². The van der Waals surface area contributed by atoms with Crippen LogP contribution in [0.25, 0.3) is 6.08 Å². The molecule has 0 saturated carbocycles. The Balaban J connectivity index is 2.66. The Labute approximate surface area is 84.8 Å². The van der Waals surface area contributed by atoms with Crippen molar-refractivity contribution in [3.05, 3.63) is 39.9 Å². The maximum Gasteiger partial charge on any atom is 0.251 e. The topological polar surface area (TPSA) is 29.1 Å². The molecule has 0 radical (unpaired) electrons. The van der Waals surface area contributed by atoms with E-state index in [9.17, 15) is 4.79 Å². The minimum Gasteiger partial charge on any atom is -0.348 e. The fraction of sp³-hybridized carbons (Fsp3) is 0.100. The van der Waals surface area contributed by atoms with Gasteiger partial charge in [-0.3, -0.25) is 4.79 Å². The first-order chi connectivity index (χ1) is 6.22. The molecule has 1 N–H and O–H groups in total. The number of amides is 1. The van der Waals surface area contributed by atoms with Crippen LogP contribution in [0, 0.1) is 0 Å². The normalized spacial score (nSPS) is 13.8. The summed E-state index contributed by atoms with van der Waals surface area (Å²) in [5.74, 6) is -0.000556. The Bertz CT molecular complexity index is 398. The van der Waals surface area contributed by atoms with Crippen molar-refractivity contribution in [2.75, 3.05) is 0 Å². The van der Waals surface area contributed by atoms with Crippen molar-refractivity contribution in [2.24, 2.45) is 0 Å². The Morgan fingerprint density at radius 1 is 1.54 bits per heavy atom. The lowest BCUT2D eigenvalue weighted by Gasteiger charge is -2.01. The van der Waals surface area contributed by atoms with Crippen LogP contribution in [0.5, 0.6) is 0 Å². The monoisotopic (exact) mass is 237 g/mol. The van der Waals surface area contributed by atoms with Gasteiger partial charge in [-0.15, -0.1) is 0 Å². The highest BCUT2D eigenvalue weighted by Gasteiger charge is 2.21. The summed E-state index contributed by atoms with van der Waals surface area (Å²) >= 11 is 3.43. The summed E-state index contributed by atoms with van der Waals surface area (Å²) in [6.07, 6.45) is 1.73. The highest BCUT2D eigenvalue weighted by molar-refractivity contribution is 9.10. The Hall–Kier alpha value is -1.09. The third-order valence-corrected chi connectivity index (χ3v) is 2.83. The molecule has 0 spiro atoms. The van der Waals surface area contributed by atoms with Crippen LogP contribution in [0.3, 0.4) is 0 Å². The molecule has 1 aliphatic heterocycles. The first-order valence-corrected chi connectivity index (χ1v) is 4.74. The van der Waals surface area contributed by atoms with Crippen molar-refractivity contribution in [2.45, 2.75) is 6.54 Å². The summed E-state index contributed by atoms with van der Waals surface area (Å²) in [6.45, 7) is 4.29. The Kier molecular flexibility index (Phi) is 1.96. The maximum atomic E-state index is 11.3. The molecule has 2 rings (SSSR count). The first-order valence-electron chi connectivity index (χ1n) is 3.95. The van der Waals surface area contributed by atoms with Crippen molar-refractivity contribution < 1.29 is 4.79 Å². The van der Waals surface area contributed by atoms with Gasteiger partial charge in [0.05, 0.1) is 0 Å². The van der Waals surface area contributed by atoms with Crippen LogP contribution >= 0.6 is 15.9 Å². The zero-order valence-corrected chi connectivity index (χ0v) is 8.52. The molecule has 0 bridgehead atoms. The van der Waals surface area contributed by atoms with E-state index in [2.05, 4.69) is 27.8 Å². The predicted octanol–water partition coefficient (Wildman–Crippen LogP) is 2.34. The average molecular weight is 238 g/mol. The molecule has 1 aliphatic rings. The van der Waals surface area contributed by atoms with Gasteiger partial charge in [0.1, 0.15) is 0 Å². The molecule has 0 aromatic heterocycles. The van der Waals surface area contributed by atoms with Crippen molar-refractivity contribution in [1.29, 1.82) is 0 Å². The van der Waals surface area contributed by atoms with Gasteiger partial charge in [0.25, 0.3) is 5.91 Å². The van der Waals surface area contributed by atoms with E-state index in [1.165, 1.54) is 0 Å². The highest BCUT2D eigenvalue weighted by Crippen LogP contribution is 2.26. The minimum atomic E-state index is -0.000556. The summed E-state index contributed by atoms with van der Waals surface area (Å²) < 4.78 is 0.971. The van der Waals surface area contributed by atoms with Gasteiger partial charge in [0, 0.05) is 16.6 Å². The van der Waals surface area contributed by atoms with Crippen LogP contribution in [0.2, 0.25) is 0 Å². The molecule has 0 fully saturated rings. The first kappa shape index (κ1) is 8.51. The van der Waals surface area contributed by atoms with E-state index in [1.807, 2.05) is 12.1 Å². The fourth-order valence-corrected chi connectivity index (χ4v) is 2.04. The molecule has 1 amide bonds. The molecule has 0 atom stereocenters. The number of hydrogen-bond donors (Lipinski definition) is 1. The summed E-state index contributed by atoms with van der Waals surface area (Å²) in [7, 11) is 0. The quantitative estimate of drug-likeness (QED) is 0.799. The number of benzene rings is 1. The third-order valence-electron chi connectivity index (χ3n) is 2.12. The van der Waals surface area contributed by atoms with E-state index in [4.69, 9.17) is 0 Å². The molecular weight excluding hydrogens is 230 g/mol. The smallest absolute Gasteiger partial charge is 0.251 e. The summed E-state index contributed by atoms with van der Waals surface area (Å²) in [6, 6.07) is 3.82. The van der Waals surface area contributed by atoms with Gasteiger partial charge in [0.15, 0.2) is 0 Å². The van der Waals surface area contributed by atoms with E-state index in [0.717, 1.165) is 21.2 Å².